The average molecular weight is 430 g/mol. The minimum atomic E-state index is -0.366. The molecule has 0 saturated carbocycles. The van der Waals surface area contributed by atoms with Crippen LogP contribution >= 0.6 is 0 Å². The molecular formula is C27H27NO4. The first-order valence-electron chi connectivity index (χ1n) is 10.4. The number of aryl methyl sites for hydroxylation is 1. The Bertz CT molecular complexity index is 1100. The van der Waals surface area contributed by atoms with Gasteiger partial charge in [0.2, 0.25) is 0 Å². The highest BCUT2D eigenvalue weighted by Crippen LogP contribution is 2.24. The molecule has 0 aliphatic rings. The van der Waals surface area contributed by atoms with Crippen LogP contribution in [-0.4, -0.2) is 19.3 Å². The molecule has 3 rings (SSSR count). The van der Waals surface area contributed by atoms with Gasteiger partial charge in [-0.05, 0) is 59.9 Å². The van der Waals surface area contributed by atoms with Crippen molar-refractivity contribution in [1.29, 1.82) is 0 Å². The van der Waals surface area contributed by atoms with Crippen molar-refractivity contribution in [2.24, 2.45) is 5.16 Å². The molecule has 3 aromatic rings. The van der Waals surface area contributed by atoms with E-state index in [1.807, 2.05) is 86.6 Å². The summed E-state index contributed by atoms with van der Waals surface area (Å²) in [5.74, 6) is 0.400. The van der Waals surface area contributed by atoms with E-state index in [0.717, 1.165) is 33.6 Å². The number of carbonyl (C=O) groups is 1. The molecule has 164 valence electrons. The van der Waals surface area contributed by atoms with Crippen molar-refractivity contribution in [3.63, 3.8) is 0 Å². The first kappa shape index (κ1) is 22.8. The van der Waals surface area contributed by atoms with Gasteiger partial charge >= 0.3 is 5.97 Å². The lowest BCUT2D eigenvalue weighted by Gasteiger charge is -2.14. The summed E-state index contributed by atoms with van der Waals surface area (Å²) < 4.78 is 11.0. The molecule has 0 radical (unpaired) electrons. The molecule has 0 N–H and O–H groups in total. The smallest absolute Gasteiger partial charge is 0.338 e. The monoisotopic (exact) mass is 429 g/mol. The number of nitrogens with zero attached hydrogens (tertiary/aromatic N) is 1. The van der Waals surface area contributed by atoms with Crippen LogP contribution in [0.2, 0.25) is 0 Å². The van der Waals surface area contributed by atoms with Crippen LogP contribution in [0.15, 0.2) is 84.0 Å². The molecule has 0 saturated heterocycles. The second-order valence-electron chi connectivity index (χ2n) is 7.16. The van der Waals surface area contributed by atoms with Crippen molar-refractivity contribution in [3.05, 3.63) is 107 Å². The second-order valence-corrected chi connectivity index (χ2v) is 7.16. The van der Waals surface area contributed by atoms with Gasteiger partial charge in [0.25, 0.3) is 0 Å². The molecule has 3 aromatic carbocycles. The topological polar surface area (TPSA) is 57.1 Å². The quantitative estimate of drug-likeness (QED) is 0.189. The summed E-state index contributed by atoms with van der Waals surface area (Å²) in [6.07, 6.45) is 3.44. The van der Waals surface area contributed by atoms with Gasteiger partial charge in [0.1, 0.15) is 19.0 Å². The molecule has 32 heavy (non-hydrogen) atoms. The van der Waals surface area contributed by atoms with Gasteiger partial charge < -0.3 is 14.3 Å². The van der Waals surface area contributed by atoms with Crippen LogP contribution in [0.5, 0.6) is 5.75 Å². The van der Waals surface area contributed by atoms with E-state index in [2.05, 4.69) is 5.16 Å². The molecule has 0 fully saturated rings. The van der Waals surface area contributed by atoms with Crippen LogP contribution < -0.4 is 4.74 Å². The van der Waals surface area contributed by atoms with E-state index >= 15 is 0 Å². The van der Waals surface area contributed by atoms with Gasteiger partial charge in [-0.1, -0.05) is 65.8 Å². The Morgan fingerprint density at radius 1 is 0.969 bits per heavy atom. The largest absolute Gasteiger partial charge is 0.489 e. The maximum Gasteiger partial charge on any atom is 0.338 e. The summed E-state index contributed by atoms with van der Waals surface area (Å²) in [7, 11) is 1.38. The Hall–Kier alpha value is -3.86. The summed E-state index contributed by atoms with van der Waals surface area (Å²) in [5, 5.41) is 4.05. The zero-order valence-corrected chi connectivity index (χ0v) is 18.6. The maximum absolute atomic E-state index is 12.1. The van der Waals surface area contributed by atoms with Gasteiger partial charge in [-0.15, -0.1) is 0 Å². The third kappa shape index (κ3) is 6.08. The number of hydrogen-bond acceptors (Lipinski definition) is 5. The predicted molar refractivity (Wildman–Crippen MR) is 126 cm³/mol. The number of esters is 1. The van der Waals surface area contributed by atoms with Crippen molar-refractivity contribution in [2.75, 3.05) is 7.11 Å². The number of carbonyl (C=O) groups excluding carboxylic acids is 1. The number of methoxy groups -OCH3 is 1. The van der Waals surface area contributed by atoms with Crippen molar-refractivity contribution < 1.29 is 19.1 Å². The summed E-state index contributed by atoms with van der Waals surface area (Å²) in [6, 6.07) is 23.4. The molecule has 0 atom stereocenters. The molecular weight excluding hydrogens is 402 g/mol. The maximum atomic E-state index is 12.1. The van der Waals surface area contributed by atoms with E-state index in [4.69, 9.17) is 14.3 Å². The van der Waals surface area contributed by atoms with E-state index in [0.29, 0.717) is 18.8 Å². The van der Waals surface area contributed by atoms with Gasteiger partial charge in [-0.3, -0.25) is 0 Å². The van der Waals surface area contributed by atoms with E-state index in [1.54, 1.807) is 12.3 Å². The fraction of sp³-hybridized carbons (Fsp3) is 0.185. The van der Waals surface area contributed by atoms with Crippen LogP contribution in [0, 0.1) is 6.92 Å². The molecule has 0 amide bonds. The fourth-order valence-electron chi connectivity index (χ4n) is 3.26. The molecule has 0 spiro atoms. The zero-order chi connectivity index (χ0) is 22.8. The Balaban J connectivity index is 1.63. The number of oxime groups is 1. The zero-order valence-electron chi connectivity index (χ0n) is 18.6. The fourth-order valence-corrected chi connectivity index (χ4v) is 3.26. The summed E-state index contributed by atoms with van der Waals surface area (Å²) in [6.45, 7) is 4.56. The molecule has 0 aromatic heterocycles. The molecule has 0 bridgehead atoms. The highest BCUT2D eigenvalue weighted by molar-refractivity contribution is 6.16. The minimum absolute atomic E-state index is 0.332. The molecule has 0 heterocycles. The minimum Gasteiger partial charge on any atom is -0.489 e. The SMILES string of the molecule is CC=C(C(=O)OC)c1ccccc1COc1ccc(C=NOCc2ccccc2)cc1C. The molecule has 5 nitrogen and oxygen atoms in total. The molecule has 5 heteroatoms. The van der Waals surface area contributed by atoms with Crippen molar-refractivity contribution in [1.82, 2.24) is 0 Å². The summed E-state index contributed by atoms with van der Waals surface area (Å²) >= 11 is 0. The van der Waals surface area contributed by atoms with Gasteiger partial charge in [-0.2, -0.15) is 0 Å². The van der Waals surface area contributed by atoms with E-state index < -0.39 is 0 Å². The second kappa shape index (κ2) is 11.5. The third-order valence-corrected chi connectivity index (χ3v) is 4.93. The van der Waals surface area contributed by atoms with E-state index in [1.165, 1.54) is 7.11 Å². The van der Waals surface area contributed by atoms with Gasteiger partial charge in [0.05, 0.1) is 18.9 Å². The lowest BCUT2D eigenvalue weighted by atomic mass is 10.00. The predicted octanol–water partition coefficient (Wildman–Crippen LogP) is 5.70. The molecule has 0 unspecified atom stereocenters. The van der Waals surface area contributed by atoms with Crippen LogP contribution in [0.1, 0.15) is 34.7 Å². The normalized spacial score (nSPS) is 11.4. The number of ether oxygens (including phenoxy) is 2. The van der Waals surface area contributed by atoms with Crippen LogP contribution in [0.4, 0.5) is 0 Å². The van der Waals surface area contributed by atoms with E-state index in [-0.39, 0.29) is 5.97 Å². The highest BCUT2D eigenvalue weighted by Gasteiger charge is 2.15. The standard InChI is InChI=1S/C27H27NO4/c1-4-24(27(29)30-3)25-13-9-8-12-23(25)19-31-26-15-14-22(16-20(26)2)17-28-32-18-21-10-6-5-7-11-21/h4-17H,18-19H2,1-3H3. The van der Waals surface area contributed by atoms with Gasteiger partial charge in [0, 0.05) is 0 Å². The van der Waals surface area contributed by atoms with E-state index in [9.17, 15) is 4.79 Å². The van der Waals surface area contributed by atoms with Crippen molar-refractivity contribution in [3.8, 4) is 5.75 Å². The Morgan fingerprint density at radius 3 is 2.44 bits per heavy atom. The van der Waals surface area contributed by atoms with Crippen LogP contribution in [0.25, 0.3) is 5.57 Å². The molecule has 0 aliphatic carbocycles. The Kier molecular flexibility index (Phi) is 8.21. The van der Waals surface area contributed by atoms with Gasteiger partial charge in [-0.25, -0.2) is 4.79 Å². The molecule has 0 aliphatic heterocycles. The number of benzene rings is 3. The summed E-state index contributed by atoms with van der Waals surface area (Å²) in [5.41, 5.74) is 5.20. The van der Waals surface area contributed by atoms with Crippen molar-refractivity contribution in [2.45, 2.75) is 27.1 Å². The Morgan fingerprint density at radius 2 is 1.72 bits per heavy atom. The Labute approximate surface area is 188 Å². The average Bonchev–Trinajstić information content (AvgIpc) is 2.83. The lowest BCUT2D eigenvalue weighted by molar-refractivity contribution is -0.133. The number of hydrogen-bond donors (Lipinski definition) is 0. The summed E-state index contributed by atoms with van der Waals surface area (Å²) in [4.78, 5) is 17.5. The van der Waals surface area contributed by atoms with Crippen LogP contribution in [0.3, 0.4) is 0 Å². The first-order chi connectivity index (χ1) is 15.6. The van der Waals surface area contributed by atoms with Crippen molar-refractivity contribution >= 4 is 17.8 Å². The lowest BCUT2D eigenvalue weighted by Crippen LogP contribution is -2.08. The highest BCUT2D eigenvalue weighted by atomic mass is 16.6. The third-order valence-electron chi connectivity index (χ3n) is 4.93. The van der Waals surface area contributed by atoms with Crippen LogP contribution in [-0.2, 0) is 27.6 Å². The van der Waals surface area contributed by atoms with Gasteiger partial charge in [0.15, 0.2) is 0 Å². The first-order valence-corrected chi connectivity index (χ1v) is 10.4. The number of rotatable bonds is 9. The number of allylic oxidation sites excluding steroid dienone is 1.